The zero-order valence-corrected chi connectivity index (χ0v) is 19.2. The van der Waals surface area contributed by atoms with Gasteiger partial charge in [0.2, 0.25) is 5.82 Å². The molecule has 4 aromatic rings. The van der Waals surface area contributed by atoms with Gasteiger partial charge in [-0.15, -0.1) is 0 Å². The molecule has 0 N–H and O–H groups in total. The van der Waals surface area contributed by atoms with E-state index in [1.165, 1.54) is 0 Å². The molecule has 9 nitrogen and oxygen atoms in total. The maximum atomic E-state index is 13.5. The van der Waals surface area contributed by atoms with Crippen LogP contribution in [-0.2, 0) is 0 Å². The lowest BCUT2D eigenvalue weighted by atomic mass is 10.0. The van der Waals surface area contributed by atoms with Crippen LogP contribution in [0.2, 0.25) is 0 Å². The number of rotatable bonds is 6. The van der Waals surface area contributed by atoms with E-state index in [0.717, 1.165) is 49.9 Å². The third kappa shape index (κ3) is 4.49. The maximum Gasteiger partial charge on any atom is 0.324 e. The lowest BCUT2D eigenvalue weighted by Gasteiger charge is -2.38. The van der Waals surface area contributed by atoms with Gasteiger partial charge in [0.05, 0.1) is 5.56 Å². The van der Waals surface area contributed by atoms with Crippen LogP contribution >= 0.6 is 0 Å². The van der Waals surface area contributed by atoms with E-state index in [1.54, 1.807) is 24.8 Å². The van der Waals surface area contributed by atoms with Crippen LogP contribution in [0.3, 0.4) is 0 Å². The molecule has 35 heavy (non-hydrogen) atoms. The normalized spacial score (nSPS) is 16.3. The molecule has 0 atom stereocenters. The Balaban J connectivity index is 1.13. The highest BCUT2D eigenvalue weighted by atomic mass is 16.5. The fourth-order valence-corrected chi connectivity index (χ4v) is 4.60. The summed E-state index contributed by atoms with van der Waals surface area (Å²) in [6.45, 7) is 1.52. The largest absolute Gasteiger partial charge is 0.332 e. The molecule has 1 aliphatic heterocycles. The molecule has 4 heterocycles. The minimum Gasteiger partial charge on any atom is -0.332 e. The first-order valence-corrected chi connectivity index (χ1v) is 12.0. The van der Waals surface area contributed by atoms with E-state index in [4.69, 9.17) is 4.52 Å². The first-order valence-electron chi connectivity index (χ1n) is 12.0. The van der Waals surface area contributed by atoms with Gasteiger partial charge in [0.15, 0.2) is 5.82 Å². The third-order valence-corrected chi connectivity index (χ3v) is 6.59. The van der Waals surface area contributed by atoms with Gasteiger partial charge < -0.3 is 14.3 Å². The van der Waals surface area contributed by atoms with Crippen LogP contribution in [0.4, 0.5) is 6.01 Å². The summed E-state index contributed by atoms with van der Waals surface area (Å²) in [5.74, 6) is 1.19. The summed E-state index contributed by atoms with van der Waals surface area (Å²) in [4.78, 5) is 35.1. The molecule has 1 aromatic carbocycles. The number of carbonyl (C=O) groups is 1. The van der Waals surface area contributed by atoms with Gasteiger partial charge in [0.1, 0.15) is 0 Å². The molecule has 176 valence electrons. The van der Waals surface area contributed by atoms with Gasteiger partial charge in [-0.2, -0.15) is 4.98 Å². The Morgan fingerprint density at radius 1 is 0.857 bits per heavy atom. The Kier molecular flexibility index (Phi) is 5.65. The van der Waals surface area contributed by atoms with Crippen LogP contribution in [0.25, 0.3) is 22.8 Å². The second kappa shape index (κ2) is 9.25. The second-order valence-corrected chi connectivity index (χ2v) is 8.96. The second-order valence-electron chi connectivity index (χ2n) is 8.96. The van der Waals surface area contributed by atoms with Crippen molar-refractivity contribution < 1.29 is 9.32 Å². The van der Waals surface area contributed by atoms with Crippen molar-refractivity contribution in [3.8, 4) is 22.8 Å². The number of hydrogen-bond donors (Lipinski definition) is 0. The number of amides is 1. The Morgan fingerprint density at radius 3 is 2.20 bits per heavy atom. The number of hydrogen-bond acceptors (Lipinski definition) is 8. The molecule has 0 unspecified atom stereocenters. The summed E-state index contributed by atoms with van der Waals surface area (Å²) in [5, 5.41) is 4.14. The van der Waals surface area contributed by atoms with Crippen LogP contribution in [-0.4, -0.2) is 61.1 Å². The molecule has 0 bridgehead atoms. The van der Waals surface area contributed by atoms with E-state index >= 15 is 0 Å². The van der Waals surface area contributed by atoms with Gasteiger partial charge in [-0.1, -0.05) is 35.5 Å². The molecule has 0 spiro atoms. The van der Waals surface area contributed by atoms with Gasteiger partial charge >= 0.3 is 6.01 Å². The highest BCUT2D eigenvalue weighted by Gasteiger charge is 2.39. The lowest BCUT2D eigenvalue weighted by Crippen LogP contribution is -2.48. The maximum absolute atomic E-state index is 13.5. The van der Waals surface area contributed by atoms with Crippen molar-refractivity contribution in [2.75, 3.05) is 18.0 Å². The van der Waals surface area contributed by atoms with Crippen molar-refractivity contribution in [3.63, 3.8) is 0 Å². The molecule has 1 saturated heterocycles. The van der Waals surface area contributed by atoms with E-state index in [9.17, 15) is 4.79 Å². The molecular formula is C26H25N7O2. The predicted molar refractivity (Wildman–Crippen MR) is 129 cm³/mol. The van der Waals surface area contributed by atoms with E-state index in [0.29, 0.717) is 29.3 Å². The predicted octanol–water partition coefficient (Wildman–Crippen LogP) is 3.86. The fraction of sp³-hybridized carbons (Fsp3) is 0.308. The average Bonchev–Trinajstić information content (AvgIpc) is 3.64. The van der Waals surface area contributed by atoms with E-state index < -0.39 is 0 Å². The number of aromatic nitrogens is 5. The van der Waals surface area contributed by atoms with Gasteiger partial charge in [-0.05, 0) is 37.8 Å². The number of anilines is 1. The van der Waals surface area contributed by atoms with Crippen molar-refractivity contribution in [1.29, 1.82) is 0 Å². The molecular weight excluding hydrogens is 442 g/mol. The summed E-state index contributed by atoms with van der Waals surface area (Å²) in [5.41, 5.74) is 2.34. The first kappa shape index (κ1) is 21.4. The van der Waals surface area contributed by atoms with Crippen molar-refractivity contribution in [3.05, 3.63) is 72.8 Å². The van der Waals surface area contributed by atoms with Gasteiger partial charge in [0, 0.05) is 61.1 Å². The van der Waals surface area contributed by atoms with E-state index in [2.05, 4.69) is 34.9 Å². The Hall–Kier alpha value is -4.14. The summed E-state index contributed by atoms with van der Waals surface area (Å²) >= 11 is 0. The average molecular weight is 468 g/mol. The topological polar surface area (TPSA) is 101 Å². The molecule has 1 aliphatic carbocycles. The molecule has 9 heteroatoms. The molecule has 6 rings (SSSR count). The standard InChI is InChI=1S/C26H25N7O2/c34-25(20-16-28-23(29-17-20)19-8-12-27-13-9-19)33(21-6-7-21)22-10-14-32(15-11-22)26-30-24(31-35-26)18-4-2-1-3-5-18/h1-5,8-9,12-13,16-17,21-22H,6-7,10-11,14-15H2. The van der Waals surface area contributed by atoms with Crippen LogP contribution in [0.1, 0.15) is 36.0 Å². The first-order chi connectivity index (χ1) is 17.3. The van der Waals surface area contributed by atoms with E-state index in [-0.39, 0.29) is 11.9 Å². The quantitative estimate of drug-likeness (QED) is 0.421. The van der Waals surface area contributed by atoms with Crippen LogP contribution < -0.4 is 4.90 Å². The summed E-state index contributed by atoms with van der Waals surface area (Å²) in [6, 6.07) is 14.5. The summed E-state index contributed by atoms with van der Waals surface area (Å²) < 4.78 is 5.54. The van der Waals surface area contributed by atoms with Gasteiger partial charge in [0.25, 0.3) is 5.91 Å². The number of nitrogens with zero attached hydrogens (tertiary/aromatic N) is 7. The van der Waals surface area contributed by atoms with Gasteiger partial charge in [-0.3, -0.25) is 9.78 Å². The highest BCUT2D eigenvalue weighted by molar-refractivity contribution is 5.94. The number of pyridine rings is 1. The van der Waals surface area contributed by atoms with Crippen molar-refractivity contribution in [1.82, 2.24) is 30.0 Å². The minimum atomic E-state index is 0.0105. The lowest BCUT2D eigenvalue weighted by molar-refractivity contribution is 0.0628. The smallest absolute Gasteiger partial charge is 0.324 e. The van der Waals surface area contributed by atoms with Gasteiger partial charge in [-0.25, -0.2) is 9.97 Å². The fourth-order valence-electron chi connectivity index (χ4n) is 4.60. The Morgan fingerprint density at radius 2 is 1.51 bits per heavy atom. The zero-order chi connectivity index (χ0) is 23.6. The monoisotopic (exact) mass is 467 g/mol. The zero-order valence-electron chi connectivity index (χ0n) is 19.2. The molecule has 2 aliphatic rings. The Labute approximate surface area is 202 Å². The van der Waals surface area contributed by atoms with Crippen LogP contribution in [0, 0.1) is 0 Å². The molecule has 3 aromatic heterocycles. The molecule has 0 radical (unpaired) electrons. The number of piperidine rings is 1. The van der Waals surface area contributed by atoms with E-state index in [1.807, 2.05) is 42.5 Å². The third-order valence-electron chi connectivity index (χ3n) is 6.59. The number of benzene rings is 1. The molecule has 1 saturated carbocycles. The molecule has 2 fully saturated rings. The van der Waals surface area contributed by atoms with Crippen LogP contribution in [0.5, 0.6) is 0 Å². The van der Waals surface area contributed by atoms with Crippen molar-refractivity contribution in [2.45, 2.75) is 37.8 Å². The van der Waals surface area contributed by atoms with Crippen molar-refractivity contribution in [2.24, 2.45) is 0 Å². The van der Waals surface area contributed by atoms with Crippen LogP contribution in [0.15, 0.2) is 71.8 Å². The summed E-state index contributed by atoms with van der Waals surface area (Å²) in [7, 11) is 0. The minimum absolute atomic E-state index is 0.0105. The molecule has 1 amide bonds. The summed E-state index contributed by atoms with van der Waals surface area (Å²) in [6.07, 6.45) is 10.5. The Bertz CT molecular complexity index is 1280. The number of carbonyl (C=O) groups excluding carboxylic acids is 1. The highest BCUT2D eigenvalue weighted by Crippen LogP contribution is 2.34. The SMILES string of the molecule is O=C(c1cnc(-c2ccncc2)nc1)N(C1CC1)C1CCN(c2nc(-c3ccccc3)no2)CC1. The van der Waals surface area contributed by atoms with Crippen molar-refractivity contribution >= 4 is 11.9 Å².